The van der Waals surface area contributed by atoms with Crippen LogP contribution in [-0.2, 0) is 14.8 Å². The fourth-order valence-electron chi connectivity index (χ4n) is 3.59. The number of rotatable bonds is 5. The standard InChI is InChI=1S/C23H14ClFN4O5S.C2HF3O2/c24-17-12-19(23(31)27-22(17)14-2-1-3-15(25)10-14)29(20-8-9-34-28-20)35(32,33)16-5-6-18-13(11-16)4-7-21(30)26-18;3-2(4,5)1(6)7/h1-12H,(H,26,30)(H,27,31);(H,6,7). The number of hydrogen-bond acceptors (Lipinski definition) is 7. The van der Waals surface area contributed by atoms with Crippen molar-refractivity contribution in [3.8, 4) is 11.3 Å². The lowest BCUT2D eigenvalue weighted by Crippen LogP contribution is -2.31. The summed E-state index contributed by atoms with van der Waals surface area (Å²) in [5.74, 6) is -3.48. The van der Waals surface area contributed by atoms with Crippen LogP contribution in [0.5, 0.6) is 0 Å². The summed E-state index contributed by atoms with van der Waals surface area (Å²) in [6, 6.07) is 14.7. The molecule has 3 heterocycles. The van der Waals surface area contributed by atoms with E-state index in [1.807, 2.05) is 0 Å². The van der Waals surface area contributed by atoms with Crippen LogP contribution in [0.1, 0.15) is 0 Å². The minimum Gasteiger partial charge on any atom is -0.475 e. The van der Waals surface area contributed by atoms with E-state index in [-0.39, 0.29) is 32.7 Å². The average molecular weight is 627 g/mol. The van der Waals surface area contributed by atoms with Crippen molar-refractivity contribution < 1.29 is 40.4 Å². The minimum absolute atomic E-state index is 0.0232. The Labute approximate surface area is 236 Å². The number of aliphatic carboxylic acids is 1. The molecule has 0 saturated heterocycles. The lowest BCUT2D eigenvalue weighted by atomic mass is 10.1. The maximum atomic E-state index is 13.7. The molecular formula is C25H15ClF4N4O7S. The zero-order valence-electron chi connectivity index (χ0n) is 20.5. The molecule has 42 heavy (non-hydrogen) atoms. The summed E-state index contributed by atoms with van der Waals surface area (Å²) >= 11 is 6.39. The van der Waals surface area contributed by atoms with Gasteiger partial charge in [-0.05, 0) is 47.9 Å². The highest BCUT2D eigenvalue weighted by atomic mass is 35.5. The van der Waals surface area contributed by atoms with Crippen LogP contribution >= 0.6 is 11.6 Å². The van der Waals surface area contributed by atoms with Gasteiger partial charge in [0.15, 0.2) is 5.82 Å². The fraction of sp³-hybridized carbons (Fsp3) is 0.0400. The second kappa shape index (κ2) is 11.5. The van der Waals surface area contributed by atoms with Crippen molar-refractivity contribution in [2.45, 2.75) is 11.1 Å². The van der Waals surface area contributed by atoms with Gasteiger partial charge in [0, 0.05) is 23.2 Å². The molecule has 0 atom stereocenters. The van der Waals surface area contributed by atoms with Crippen molar-refractivity contribution in [3.63, 3.8) is 0 Å². The molecule has 3 N–H and O–H groups in total. The summed E-state index contributed by atoms with van der Waals surface area (Å²) in [6.07, 6.45) is -3.93. The maximum absolute atomic E-state index is 13.7. The van der Waals surface area contributed by atoms with Gasteiger partial charge in [0.05, 0.1) is 15.6 Å². The highest BCUT2D eigenvalue weighted by molar-refractivity contribution is 7.93. The Balaban J connectivity index is 0.000000517. The number of pyridine rings is 2. The number of sulfonamides is 1. The molecule has 17 heteroatoms. The molecular weight excluding hydrogens is 612 g/mol. The minimum atomic E-state index is -5.08. The second-order valence-electron chi connectivity index (χ2n) is 8.22. The first-order valence-corrected chi connectivity index (χ1v) is 13.1. The van der Waals surface area contributed by atoms with E-state index in [2.05, 4.69) is 15.1 Å². The Kier molecular flexibility index (Phi) is 8.21. The van der Waals surface area contributed by atoms with E-state index in [1.54, 1.807) is 6.07 Å². The van der Waals surface area contributed by atoms with Gasteiger partial charge in [0.25, 0.3) is 15.6 Å². The zero-order valence-corrected chi connectivity index (χ0v) is 22.1. The molecule has 3 aromatic heterocycles. The third-order valence-electron chi connectivity index (χ3n) is 5.41. The summed E-state index contributed by atoms with van der Waals surface area (Å²) in [7, 11) is -4.42. The molecule has 0 amide bonds. The van der Waals surface area contributed by atoms with Crippen LogP contribution in [0, 0.1) is 5.82 Å². The van der Waals surface area contributed by atoms with Crippen molar-refractivity contribution in [1.29, 1.82) is 0 Å². The number of nitrogens with zero attached hydrogens (tertiary/aromatic N) is 2. The van der Waals surface area contributed by atoms with Crippen LogP contribution < -0.4 is 15.4 Å². The topological polar surface area (TPSA) is 166 Å². The second-order valence-corrected chi connectivity index (χ2v) is 10.4. The third kappa shape index (κ3) is 6.34. The maximum Gasteiger partial charge on any atom is 0.490 e. The molecule has 11 nitrogen and oxygen atoms in total. The van der Waals surface area contributed by atoms with Crippen LogP contribution in [0.4, 0.5) is 29.1 Å². The van der Waals surface area contributed by atoms with Gasteiger partial charge in [-0.3, -0.25) is 9.59 Å². The number of carboxylic acid groups (broad SMARTS) is 1. The number of carbonyl (C=O) groups is 1. The van der Waals surface area contributed by atoms with Crippen LogP contribution in [0.15, 0.2) is 92.0 Å². The normalized spacial score (nSPS) is 11.5. The molecule has 0 aliphatic carbocycles. The van der Waals surface area contributed by atoms with Gasteiger partial charge in [0.2, 0.25) is 5.56 Å². The molecule has 0 aliphatic rings. The Morgan fingerprint density at radius 1 is 1.00 bits per heavy atom. The number of hydrogen-bond donors (Lipinski definition) is 3. The van der Waals surface area contributed by atoms with Crippen LogP contribution in [0.3, 0.4) is 0 Å². The summed E-state index contributed by atoms with van der Waals surface area (Å²) < 4.78 is 78.4. The molecule has 218 valence electrons. The highest BCUT2D eigenvalue weighted by Crippen LogP contribution is 2.34. The van der Waals surface area contributed by atoms with E-state index >= 15 is 0 Å². The van der Waals surface area contributed by atoms with Gasteiger partial charge < -0.3 is 19.6 Å². The first kappa shape index (κ1) is 30.0. The van der Waals surface area contributed by atoms with Crippen LogP contribution in [0.2, 0.25) is 5.02 Å². The number of aromatic nitrogens is 3. The molecule has 2 aromatic carbocycles. The van der Waals surface area contributed by atoms with Crippen molar-refractivity contribution in [2.24, 2.45) is 0 Å². The summed E-state index contributed by atoms with van der Waals surface area (Å²) in [4.78, 5) is 38.5. The average Bonchev–Trinajstić information content (AvgIpc) is 3.44. The zero-order chi connectivity index (χ0) is 30.8. The van der Waals surface area contributed by atoms with E-state index in [4.69, 9.17) is 26.0 Å². The van der Waals surface area contributed by atoms with Gasteiger partial charge in [-0.15, -0.1) is 0 Å². The van der Waals surface area contributed by atoms with Crippen molar-refractivity contribution >= 4 is 50.0 Å². The van der Waals surface area contributed by atoms with E-state index in [1.165, 1.54) is 54.6 Å². The molecule has 0 spiro atoms. The number of alkyl halides is 3. The van der Waals surface area contributed by atoms with Gasteiger partial charge in [-0.1, -0.05) is 28.9 Å². The van der Waals surface area contributed by atoms with E-state index in [0.717, 1.165) is 12.3 Å². The SMILES string of the molecule is O=C(O)C(F)(F)F.O=c1ccc2cc(S(=O)(=O)N(c3ccon3)c3cc(Cl)c(-c4cccc(F)c4)[nH]c3=O)ccc2[nH]1. The molecule has 5 rings (SSSR count). The first-order chi connectivity index (χ1) is 19.7. The number of fused-ring (bicyclic) bond motifs is 1. The largest absolute Gasteiger partial charge is 0.490 e. The van der Waals surface area contributed by atoms with E-state index < -0.39 is 33.5 Å². The number of halogens is 5. The Hall–Kier alpha value is -4.96. The third-order valence-corrected chi connectivity index (χ3v) is 7.43. The fourth-order valence-corrected chi connectivity index (χ4v) is 5.31. The molecule has 0 unspecified atom stereocenters. The summed E-state index contributed by atoms with van der Waals surface area (Å²) in [5, 5.41) is 11.3. The molecule has 0 saturated carbocycles. The lowest BCUT2D eigenvalue weighted by molar-refractivity contribution is -0.192. The number of aromatic amines is 2. The Morgan fingerprint density at radius 2 is 1.71 bits per heavy atom. The number of anilines is 2. The Bertz CT molecular complexity index is 2010. The van der Waals surface area contributed by atoms with Crippen LogP contribution in [-0.4, -0.2) is 40.8 Å². The quantitative estimate of drug-likeness (QED) is 0.233. The predicted molar refractivity (Wildman–Crippen MR) is 142 cm³/mol. The van der Waals surface area contributed by atoms with E-state index in [9.17, 15) is 35.6 Å². The van der Waals surface area contributed by atoms with Crippen molar-refractivity contribution in [3.05, 3.63) is 105 Å². The summed E-state index contributed by atoms with van der Waals surface area (Å²) in [5.41, 5.74) is -0.650. The smallest absolute Gasteiger partial charge is 0.475 e. The first-order valence-electron chi connectivity index (χ1n) is 11.3. The number of H-pyrrole nitrogens is 2. The Morgan fingerprint density at radius 3 is 2.33 bits per heavy atom. The highest BCUT2D eigenvalue weighted by Gasteiger charge is 2.38. The van der Waals surface area contributed by atoms with Crippen LogP contribution in [0.25, 0.3) is 22.2 Å². The predicted octanol–water partition coefficient (Wildman–Crippen LogP) is 4.82. The molecule has 0 fully saturated rings. The van der Waals surface area contributed by atoms with Gasteiger partial charge in [-0.2, -0.15) is 13.2 Å². The lowest BCUT2D eigenvalue weighted by Gasteiger charge is -2.22. The number of nitrogens with one attached hydrogen (secondary N) is 2. The summed E-state index contributed by atoms with van der Waals surface area (Å²) in [6.45, 7) is 0. The van der Waals surface area contributed by atoms with Gasteiger partial charge >= 0.3 is 12.1 Å². The molecule has 0 bridgehead atoms. The number of carboxylic acids is 1. The molecule has 5 aromatic rings. The monoisotopic (exact) mass is 626 g/mol. The van der Waals surface area contributed by atoms with Crippen molar-refractivity contribution in [1.82, 2.24) is 15.1 Å². The number of benzene rings is 2. The van der Waals surface area contributed by atoms with Gasteiger partial charge in [0.1, 0.15) is 17.8 Å². The van der Waals surface area contributed by atoms with Gasteiger partial charge in [-0.25, -0.2) is 21.9 Å². The molecule has 0 radical (unpaired) electrons. The molecule has 0 aliphatic heterocycles. The van der Waals surface area contributed by atoms with E-state index in [0.29, 0.717) is 20.8 Å². The van der Waals surface area contributed by atoms with Crippen molar-refractivity contribution in [2.75, 3.05) is 4.31 Å².